The van der Waals surface area contributed by atoms with Crippen LogP contribution in [0.15, 0.2) is 18.6 Å². The van der Waals surface area contributed by atoms with Crippen molar-refractivity contribution in [2.24, 2.45) is 0 Å². The average Bonchev–Trinajstić information content (AvgIpc) is 2.48. The van der Waals surface area contributed by atoms with Gasteiger partial charge in [0.15, 0.2) is 0 Å². The number of carbonyl (C=O) groups is 2. The molecule has 6 nitrogen and oxygen atoms in total. The van der Waals surface area contributed by atoms with Crippen LogP contribution in [0.2, 0.25) is 0 Å². The lowest BCUT2D eigenvalue weighted by Gasteiger charge is -2.32. The van der Waals surface area contributed by atoms with Gasteiger partial charge < -0.3 is 10.2 Å². The number of nitrogens with one attached hydrogen (secondary N) is 1. The number of hydrogen-bond acceptors (Lipinski definition) is 4. The molecule has 0 spiro atoms. The number of aromatic nitrogens is 2. The summed E-state index contributed by atoms with van der Waals surface area (Å²) in [6, 6.07) is 0.0783. The van der Waals surface area contributed by atoms with Gasteiger partial charge in [-0.05, 0) is 19.8 Å². The molecule has 0 aliphatic carbocycles. The van der Waals surface area contributed by atoms with E-state index in [1.165, 1.54) is 18.6 Å². The number of alkyl halides is 1. The fraction of sp³-hybridized carbons (Fsp3) is 0.538. The molecule has 1 fully saturated rings. The molecule has 1 aliphatic heterocycles. The van der Waals surface area contributed by atoms with Crippen LogP contribution >= 0.6 is 11.6 Å². The summed E-state index contributed by atoms with van der Waals surface area (Å²) in [7, 11) is 0. The highest BCUT2D eigenvalue weighted by molar-refractivity contribution is 6.30. The van der Waals surface area contributed by atoms with E-state index in [9.17, 15) is 9.59 Å². The molecule has 7 heteroatoms. The minimum atomic E-state index is -0.533. The second-order valence-electron chi connectivity index (χ2n) is 4.78. The Morgan fingerprint density at radius 1 is 1.40 bits per heavy atom. The molecule has 108 valence electrons. The Morgan fingerprint density at radius 3 is 2.65 bits per heavy atom. The molecule has 2 rings (SSSR count). The van der Waals surface area contributed by atoms with Crippen LogP contribution in [0, 0.1) is 0 Å². The number of likely N-dealkylation sites (tertiary alicyclic amines) is 1. The highest BCUT2D eigenvalue weighted by Crippen LogP contribution is 2.13. The monoisotopic (exact) mass is 296 g/mol. The zero-order chi connectivity index (χ0) is 14.5. The Hall–Kier alpha value is -1.69. The van der Waals surface area contributed by atoms with Crippen molar-refractivity contribution in [1.29, 1.82) is 0 Å². The maximum absolute atomic E-state index is 12.2. The van der Waals surface area contributed by atoms with Gasteiger partial charge in [0.2, 0.25) is 5.91 Å². The topological polar surface area (TPSA) is 75.2 Å². The normalized spacial score (nSPS) is 17.6. The molecule has 1 saturated heterocycles. The second-order valence-corrected chi connectivity index (χ2v) is 5.44. The summed E-state index contributed by atoms with van der Waals surface area (Å²) in [4.78, 5) is 33.3. The van der Waals surface area contributed by atoms with E-state index in [1.807, 2.05) is 0 Å². The SMILES string of the molecule is CC(Cl)C(=O)NC1CCN(C(=O)c2cnccn2)CC1. The molecular formula is C13H17ClN4O2. The van der Waals surface area contributed by atoms with Crippen LogP contribution in [-0.2, 0) is 4.79 Å². The van der Waals surface area contributed by atoms with E-state index in [-0.39, 0.29) is 17.9 Å². The predicted octanol–water partition coefficient (Wildman–Crippen LogP) is 0.825. The Kier molecular flexibility index (Phi) is 4.89. The zero-order valence-electron chi connectivity index (χ0n) is 11.3. The number of amides is 2. The Morgan fingerprint density at radius 2 is 2.10 bits per heavy atom. The smallest absolute Gasteiger partial charge is 0.274 e. The van der Waals surface area contributed by atoms with Crippen LogP contribution < -0.4 is 5.32 Å². The summed E-state index contributed by atoms with van der Waals surface area (Å²) in [6.07, 6.45) is 5.95. The lowest BCUT2D eigenvalue weighted by atomic mass is 10.0. The highest BCUT2D eigenvalue weighted by Gasteiger charge is 2.25. The Balaban J connectivity index is 1.85. The number of nitrogens with zero attached hydrogens (tertiary/aromatic N) is 3. The summed E-state index contributed by atoms with van der Waals surface area (Å²) in [5.74, 6) is -0.279. The van der Waals surface area contributed by atoms with E-state index in [0.29, 0.717) is 18.8 Å². The van der Waals surface area contributed by atoms with Crippen LogP contribution in [0.4, 0.5) is 0 Å². The third kappa shape index (κ3) is 3.66. The zero-order valence-corrected chi connectivity index (χ0v) is 12.0. The molecule has 1 atom stereocenters. The lowest BCUT2D eigenvalue weighted by molar-refractivity contribution is -0.121. The van der Waals surface area contributed by atoms with E-state index >= 15 is 0 Å². The summed E-state index contributed by atoms with van der Waals surface area (Å²) >= 11 is 5.71. The van der Waals surface area contributed by atoms with Crippen LogP contribution in [0.3, 0.4) is 0 Å². The van der Waals surface area contributed by atoms with Gasteiger partial charge in [0.05, 0.1) is 6.20 Å². The van der Waals surface area contributed by atoms with Gasteiger partial charge in [-0.15, -0.1) is 11.6 Å². The van der Waals surface area contributed by atoms with Crippen molar-refractivity contribution < 1.29 is 9.59 Å². The minimum Gasteiger partial charge on any atom is -0.352 e. The molecule has 0 saturated carbocycles. The van der Waals surface area contributed by atoms with Crippen LogP contribution in [0.5, 0.6) is 0 Å². The van der Waals surface area contributed by atoms with Crippen molar-refractivity contribution in [2.75, 3.05) is 13.1 Å². The maximum atomic E-state index is 12.2. The number of rotatable bonds is 3. The highest BCUT2D eigenvalue weighted by atomic mass is 35.5. The first-order valence-electron chi connectivity index (χ1n) is 6.57. The molecule has 1 aromatic rings. The Labute approximate surface area is 122 Å². The largest absolute Gasteiger partial charge is 0.352 e. The molecule has 1 unspecified atom stereocenters. The second kappa shape index (κ2) is 6.65. The predicted molar refractivity (Wildman–Crippen MR) is 74.4 cm³/mol. The van der Waals surface area contributed by atoms with Crippen LogP contribution in [0.1, 0.15) is 30.3 Å². The van der Waals surface area contributed by atoms with Gasteiger partial charge in [-0.25, -0.2) is 4.98 Å². The summed E-state index contributed by atoms with van der Waals surface area (Å²) in [5, 5.41) is 2.35. The van der Waals surface area contributed by atoms with Gasteiger partial charge in [0, 0.05) is 31.5 Å². The van der Waals surface area contributed by atoms with Gasteiger partial charge in [0.1, 0.15) is 11.1 Å². The van der Waals surface area contributed by atoms with E-state index in [2.05, 4.69) is 15.3 Å². The summed E-state index contributed by atoms with van der Waals surface area (Å²) in [6.45, 7) is 2.83. The number of piperidine rings is 1. The average molecular weight is 297 g/mol. The quantitative estimate of drug-likeness (QED) is 0.838. The van der Waals surface area contributed by atoms with Crippen LogP contribution in [0.25, 0.3) is 0 Å². The minimum absolute atomic E-state index is 0.0783. The standard InChI is InChI=1S/C13H17ClN4O2/c1-9(14)12(19)17-10-2-6-18(7-3-10)13(20)11-8-15-4-5-16-11/h4-5,8-10H,2-3,6-7H2,1H3,(H,17,19). The van der Waals surface area contributed by atoms with Crippen molar-refractivity contribution in [3.8, 4) is 0 Å². The summed E-state index contributed by atoms with van der Waals surface area (Å²) in [5.41, 5.74) is 0.351. The molecule has 0 radical (unpaired) electrons. The van der Waals surface area contributed by atoms with Gasteiger partial charge in [-0.3, -0.25) is 14.6 Å². The molecule has 1 N–H and O–H groups in total. The molecule has 1 aliphatic rings. The van der Waals surface area contributed by atoms with E-state index in [4.69, 9.17) is 11.6 Å². The van der Waals surface area contributed by atoms with Crippen molar-refractivity contribution in [1.82, 2.24) is 20.2 Å². The first kappa shape index (κ1) is 14.7. The van der Waals surface area contributed by atoms with Crippen molar-refractivity contribution in [3.05, 3.63) is 24.3 Å². The molecule has 0 bridgehead atoms. The molecule has 2 amide bonds. The van der Waals surface area contributed by atoms with Crippen LogP contribution in [-0.4, -0.2) is 51.2 Å². The third-order valence-corrected chi connectivity index (χ3v) is 3.47. The number of carbonyl (C=O) groups excluding carboxylic acids is 2. The molecule has 20 heavy (non-hydrogen) atoms. The molecule has 0 aromatic carbocycles. The van der Waals surface area contributed by atoms with Gasteiger partial charge in [0.25, 0.3) is 5.91 Å². The lowest BCUT2D eigenvalue weighted by Crippen LogP contribution is -2.48. The first-order valence-corrected chi connectivity index (χ1v) is 7.01. The fourth-order valence-electron chi connectivity index (χ4n) is 2.11. The first-order chi connectivity index (χ1) is 9.58. The van der Waals surface area contributed by atoms with E-state index < -0.39 is 5.38 Å². The van der Waals surface area contributed by atoms with Crippen molar-refractivity contribution in [3.63, 3.8) is 0 Å². The maximum Gasteiger partial charge on any atom is 0.274 e. The molecule has 1 aromatic heterocycles. The third-order valence-electron chi connectivity index (χ3n) is 3.27. The number of halogens is 1. The summed E-state index contributed by atoms with van der Waals surface area (Å²) < 4.78 is 0. The number of hydrogen-bond donors (Lipinski definition) is 1. The van der Waals surface area contributed by atoms with Crippen molar-refractivity contribution in [2.45, 2.75) is 31.2 Å². The van der Waals surface area contributed by atoms with E-state index in [1.54, 1.807) is 11.8 Å². The van der Waals surface area contributed by atoms with Gasteiger partial charge >= 0.3 is 0 Å². The van der Waals surface area contributed by atoms with Crippen molar-refractivity contribution >= 4 is 23.4 Å². The molecule has 2 heterocycles. The fourth-order valence-corrected chi connectivity index (χ4v) is 2.18. The van der Waals surface area contributed by atoms with Gasteiger partial charge in [-0.2, -0.15) is 0 Å². The van der Waals surface area contributed by atoms with Gasteiger partial charge in [-0.1, -0.05) is 0 Å². The van der Waals surface area contributed by atoms with E-state index in [0.717, 1.165) is 12.8 Å². The Bertz CT molecular complexity index is 473. The molecular weight excluding hydrogens is 280 g/mol.